The number of sulfonamides is 1. The molecule has 0 heterocycles. The minimum Gasteiger partial charge on any atom is -0.349 e. The molecule has 0 spiro atoms. The smallest absolute Gasteiger partial charge is 0.232 e. The van der Waals surface area contributed by atoms with Gasteiger partial charge < -0.3 is 5.32 Å². The second-order valence-electron chi connectivity index (χ2n) is 7.94. The SMILES string of the molecule is Cc1ccc(C)c(N(CCCC(=O)N[C@@H]2CCCc3ccccc32)S(C)(=O)=O)c1. The van der Waals surface area contributed by atoms with Gasteiger partial charge in [0.2, 0.25) is 15.9 Å². The van der Waals surface area contributed by atoms with Gasteiger partial charge in [0.25, 0.3) is 0 Å². The first-order chi connectivity index (χ1) is 13.8. The number of nitrogens with zero attached hydrogens (tertiary/aromatic N) is 1. The minimum atomic E-state index is -3.42. The minimum absolute atomic E-state index is 0.0267. The van der Waals surface area contributed by atoms with Gasteiger partial charge in [-0.15, -0.1) is 0 Å². The zero-order valence-corrected chi connectivity index (χ0v) is 18.3. The number of benzene rings is 2. The largest absolute Gasteiger partial charge is 0.349 e. The number of carbonyl (C=O) groups is 1. The monoisotopic (exact) mass is 414 g/mol. The van der Waals surface area contributed by atoms with E-state index in [-0.39, 0.29) is 18.5 Å². The molecule has 1 amide bonds. The van der Waals surface area contributed by atoms with Crippen LogP contribution in [0.25, 0.3) is 0 Å². The third-order valence-electron chi connectivity index (χ3n) is 5.50. The molecule has 0 saturated carbocycles. The standard InChI is InChI=1S/C23H30N2O3S/c1-17-13-14-18(2)22(16-17)25(29(3,27)28)15-7-12-23(26)24-21-11-6-9-19-8-4-5-10-20(19)21/h4-5,8,10,13-14,16,21H,6-7,9,11-12,15H2,1-3H3,(H,24,26)/t21-/m1/s1. The second-order valence-corrected chi connectivity index (χ2v) is 9.85. The molecule has 2 aromatic rings. The molecular weight excluding hydrogens is 384 g/mol. The van der Waals surface area contributed by atoms with Crippen molar-refractivity contribution in [2.24, 2.45) is 0 Å². The molecule has 5 nitrogen and oxygen atoms in total. The van der Waals surface area contributed by atoms with Crippen LogP contribution >= 0.6 is 0 Å². The fourth-order valence-electron chi connectivity index (χ4n) is 4.01. The number of aryl methyl sites for hydroxylation is 3. The molecule has 1 aliphatic rings. The Kier molecular flexibility index (Phi) is 6.63. The van der Waals surface area contributed by atoms with E-state index in [0.717, 1.165) is 30.4 Å². The van der Waals surface area contributed by atoms with Crippen LogP contribution < -0.4 is 9.62 Å². The summed E-state index contributed by atoms with van der Waals surface area (Å²) in [6.45, 7) is 4.14. The molecule has 0 bridgehead atoms. The highest BCUT2D eigenvalue weighted by Gasteiger charge is 2.22. The predicted octanol–water partition coefficient (Wildman–Crippen LogP) is 4.04. The normalized spacial score (nSPS) is 16.2. The second kappa shape index (κ2) is 8.99. The predicted molar refractivity (Wildman–Crippen MR) is 118 cm³/mol. The summed E-state index contributed by atoms with van der Waals surface area (Å²) in [6.07, 6.45) is 5.06. The van der Waals surface area contributed by atoms with E-state index in [1.165, 1.54) is 21.7 Å². The van der Waals surface area contributed by atoms with Crippen molar-refractivity contribution in [2.45, 2.75) is 52.0 Å². The van der Waals surface area contributed by atoms with E-state index < -0.39 is 10.0 Å². The Bertz CT molecular complexity index is 985. The van der Waals surface area contributed by atoms with Crippen LogP contribution in [0, 0.1) is 13.8 Å². The van der Waals surface area contributed by atoms with Crippen LogP contribution in [-0.4, -0.2) is 27.1 Å². The van der Waals surface area contributed by atoms with Gasteiger partial charge in [0.1, 0.15) is 0 Å². The van der Waals surface area contributed by atoms with Crippen LogP contribution in [0.3, 0.4) is 0 Å². The number of nitrogens with one attached hydrogen (secondary N) is 1. The summed E-state index contributed by atoms with van der Waals surface area (Å²) in [7, 11) is -3.42. The molecule has 29 heavy (non-hydrogen) atoms. The molecule has 156 valence electrons. The van der Waals surface area contributed by atoms with Gasteiger partial charge >= 0.3 is 0 Å². The van der Waals surface area contributed by atoms with Gasteiger partial charge in [0.05, 0.1) is 18.0 Å². The quantitative estimate of drug-likeness (QED) is 0.743. The average molecular weight is 415 g/mol. The van der Waals surface area contributed by atoms with Crippen LogP contribution in [-0.2, 0) is 21.2 Å². The molecule has 1 atom stereocenters. The summed E-state index contributed by atoms with van der Waals surface area (Å²) >= 11 is 0. The summed E-state index contributed by atoms with van der Waals surface area (Å²) in [5.74, 6) is -0.0267. The highest BCUT2D eigenvalue weighted by Crippen LogP contribution is 2.29. The first kappa shape index (κ1) is 21.4. The van der Waals surface area contributed by atoms with E-state index in [4.69, 9.17) is 0 Å². The lowest BCUT2D eigenvalue weighted by Gasteiger charge is -2.27. The van der Waals surface area contributed by atoms with Gasteiger partial charge in [0.15, 0.2) is 0 Å². The Morgan fingerprint density at radius 3 is 2.69 bits per heavy atom. The summed E-state index contributed by atoms with van der Waals surface area (Å²) in [4.78, 5) is 12.5. The molecule has 0 aromatic heterocycles. The fraction of sp³-hybridized carbons (Fsp3) is 0.435. The lowest BCUT2D eigenvalue weighted by Crippen LogP contribution is -2.34. The zero-order valence-electron chi connectivity index (χ0n) is 17.4. The number of carbonyl (C=O) groups excluding carboxylic acids is 1. The van der Waals surface area contributed by atoms with Crippen molar-refractivity contribution in [1.82, 2.24) is 5.32 Å². The summed E-state index contributed by atoms with van der Waals surface area (Å²) in [5.41, 5.74) is 5.12. The van der Waals surface area contributed by atoms with Gasteiger partial charge in [-0.25, -0.2) is 8.42 Å². The van der Waals surface area contributed by atoms with Gasteiger partial charge in [0, 0.05) is 13.0 Å². The number of rotatable bonds is 7. The zero-order chi connectivity index (χ0) is 21.0. The molecule has 0 unspecified atom stereocenters. The van der Waals surface area contributed by atoms with Gasteiger partial charge in [-0.2, -0.15) is 0 Å². The van der Waals surface area contributed by atoms with Crippen LogP contribution in [0.5, 0.6) is 0 Å². The van der Waals surface area contributed by atoms with Gasteiger partial charge in [-0.1, -0.05) is 36.4 Å². The topological polar surface area (TPSA) is 66.5 Å². The number of amides is 1. The Hall–Kier alpha value is -2.34. The Morgan fingerprint density at radius 2 is 1.93 bits per heavy atom. The number of fused-ring (bicyclic) bond motifs is 1. The number of hydrogen-bond donors (Lipinski definition) is 1. The summed E-state index contributed by atoms with van der Waals surface area (Å²) in [5, 5.41) is 3.14. The van der Waals surface area contributed by atoms with E-state index in [2.05, 4.69) is 17.4 Å². The molecular formula is C23H30N2O3S. The Labute approximate surface area is 174 Å². The Morgan fingerprint density at radius 1 is 1.17 bits per heavy atom. The Balaban J connectivity index is 1.62. The van der Waals surface area contributed by atoms with Crippen LogP contribution in [0.2, 0.25) is 0 Å². The van der Waals surface area contributed by atoms with Crippen molar-refractivity contribution in [2.75, 3.05) is 17.1 Å². The number of hydrogen-bond acceptors (Lipinski definition) is 3. The van der Waals surface area contributed by atoms with Crippen LogP contribution in [0.15, 0.2) is 42.5 Å². The molecule has 6 heteroatoms. The molecule has 0 fully saturated rings. The highest BCUT2D eigenvalue weighted by atomic mass is 32.2. The lowest BCUT2D eigenvalue weighted by molar-refractivity contribution is -0.122. The van der Waals surface area contributed by atoms with Crippen LogP contribution in [0.1, 0.15) is 54.0 Å². The molecule has 1 aliphatic carbocycles. The first-order valence-corrected chi connectivity index (χ1v) is 12.0. The van der Waals surface area contributed by atoms with Crippen molar-refractivity contribution in [1.29, 1.82) is 0 Å². The third-order valence-corrected chi connectivity index (χ3v) is 6.68. The van der Waals surface area contributed by atoms with E-state index in [0.29, 0.717) is 18.5 Å². The number of anilines is 1. The van der Waals surface area contributed by atoms with E-state index in [1.807, 2.05) is 44.2 Å². The maximum Gasteiger partial charge on any atom is 0.232 e. The van der Waals surface area contributed by atoms with Gasteiger partial charge in [-0.05, 0) is 67.9 Å². The molecule has 0 saturated heterocycles. The highest BCUT2D eigenvalue weighted by molar-refractivity contribution is 7.92. The first-order valence-electron chi connectivity index (χ1n) is 10.2. The van der Waals surface area contributed by atoms with E-state index in [9.17, 15) is 13.2 Å². The molecule has 1 N–H and O–H groups in total. The van der Waals surface area contributed by atoms with E-state index >= 15 is 0 Å². The summed E-state index contributed by atoms with van der Waals surface area (Å²) in [6, 6.07) is 14.1. The van der Waals surface area contributed by atoms with Crippen molar-refractivity contribution in [3.05, 3.63) is 64.7 Å². The molecule has 3 rings (SSSR count). The van der Waals surface area contributed by atoms with Crippen molar-refractivity contribution in [3.63, 3.8) is 0 Å². The molecule has 0 aliphatic heterocycles. The maximum atomic E-state index is 12.5. The molecule has 2 aromatic carbocycles. The van der Waals surface area contributed by atoms with E-state index in [1.54, 1.807) is 0 Å². The maximum absolute atomic E-state index is 12.5. The fourth-order valence-corrected chi connectivity index (χ4v) is 5.02. The van der Waals surface area contributed by atoms with Gasteiger partial charge in [-0.3, -0.25) is 9.10 Å². The lowest BCUT2D eigenvalue weighted by atomic mass is 9.87. The van der Waals surface area contributed by atoms with Crippen molar-refractivity contribution >= 4 is 21.6 Å². The molecule has 0 radical (unpaired) electrons. The summed E-state index contributed by atoms with van der Waals surface area (Å²) < 4.78 is 26.1. The van der Waals surface area contributed by atoms with Crippen molar-refractivity contribution < 1.29 is 13.2 Å². The van der Waals surface area contributed by atoms with Crippen molar-refractivity contribution in [3.8, 4) is 0 Å². The average Bonchev–Trinajstić information content (AvgIpc) is 2.67. The van der Waals surface area contributed by atoms with Crippen LogP contribution in [0.4, 0.5) is 5.69 Å². The third kappa shape index (κ3) is 5.38.